The summed E-state index contributed by atoms with van der Waals surface area (Å²) in [7, 11) is 1.95. The molecule has 0 aliphatic carbocycles. The van der Waals surface area contributed by atoms with Gasteiger partial charge in [0.15, 0.2) is 0 Å². The van der Waals surface area contributed by atoms with Gasteiger partial charge in [-0.05, 0) is 31.3 Å². The fourth-order valence-corrected chi connectivity index (χ4v) is 1.66. The maximum Gasteiger partial charge on any atom is 0.138 e. The van der Waals surface area contributed by atoms with Gasteiger partial charge in [0.1, 0.15) is 12.2 Å². The number of hydrogen-bond acceptors (Lipinski definition) is 3. The summed E-state index contributed by atoms with van der Waals surface area (Å²) in [6, 6.07) is 0. The largest absolute Gasteiger partial charge is 0.316 e. The van der Waals surface area contributed by atoms with E-state index in [2.05, 4.69) is 36.2 Å². The minimum absolute atomic E-state index is 0.655. The van der Waals surface area contributed by atoms with Crippen LogP contribution in [0.5, 0.6) is 0 Å². The molecule has 1 heterocycles. The molecule has 0 aromatic carbocycles. The molecule has 1 rings (SSSR count). The van der Waals surface area contributed by atoms with Crippen LogP contribution >= 0.6 is 0 Å². The van der Waals surface area contributed by atoms with Crippen LogP contribution in [0.2, 0.25) is 0 Å². The minimum atomic E-state index is 0.655. The second kappa shape index (κ2) is 6.63. The maximum atomic E-state index is 4.24. The van der Waals surface area contributed by atoms with Crippen molar-refractivity contribution in [3.63, 3.8) is 0 Å². The Morgan fingerprint density at radius 1 is 1.38 bits per heavy atom. The number of hydrogen-bond donors (Lipinski definition) is 1. The van der Waals surface area contributed by atoms with Crippen LogP contribution in [0.25, 0.3) is 0 Å². The first-order chi connectivity index (χ1) is 7.59. The highest BCUT2D eigenvalue weighted by Gasteiger charge is 2.07. The average Bonchev–Trinajstić information content (AvgIpc) is 2.59. The van der Waals surface area contributed by atoms with Gasteiger partial charge in [-0.2, -0.15) is 5.10 Å². The maximum absolute atomic E-state index is 4.24. The number of nitrogens with one attached hydrogen (secondary N) is 1. The summed E-state index contributed by atoms with van der Waals surface area (Å²) in [5.41, 5.74) is 0. The molecule has 1 unspecified atom stereocenters. The molecule has 1 aromatic heterocycles. The molecule has 1 N–H and O–H groups in total. The summed E-state index contributed by atoms with van der Waals surface area (Å²) in [5.74, 6) is 2.47. The third-order valence-electron chi connectivity index (χ3n) is 2.70. The van der Waals surface area contributed by atoms with Gasteiger partial charge in [0.05, 0.1) is 0 Å². The van der Waals surface area contributed by atoms with Gasteiger partial charge in [-0.1, -0.05) is 20.8 Å². The monoisotopic (exact) mass is 224 g/mol. The van der Waals surface area contributed by atoms with E-state index in [4.69, 9.17) is 0 Å². The van der Waals surface area contributed by atoms with Crippen LogP contribution < -0.4 is 5.32 Å². The standard InChI is InChI=1S/C12H24N4/c1-10(2)8-13-6-5-11(3)7-12-14-9-15-16(12)4/h9-11,13H,5-8H2,1-4H3. The SMILES string of the molecule is CC(C)CNCCC(C)Cc1ncnn1C. The number of rotatable bonds is 7. The molecule has 16 heavy (non-hydrogen) atoms. The molecular formula is C12H24N4. The molecule has 92 valence electrons. The van der Waals surface area contributed by atoms with Crippen molar-refractivity contribution in [1.29, 1.82) is 0 Å². The molecule has 0 aliphatic rings. The van der Waals surface area contributed by atoms with E-state index < -0.39 is 0 Å². The second-order valence-corrected chi connectivity index (χ2v) is 5.00. The Labute approximate surface area is 98.5 Å². The Hall–Kier alpha value is -0.900. The zero-order valence-electron chi connectivity index (χ0n) is 10.9. The molecule has 0 radical (unpaired) electrons. The molecule has 4 nitrogen and oxygen atoms in total. The fraction of sp³-hybridized carbons (Fsp3) is 0.833. The predicted octanol–water partition coefficient (Wildman–Crippen LogP) is 1.63. The molecule has 0 fully saturated rings. The van der Waals surface area contributed by atoms with Gasteiger partial charge in [-0.25, -0.2) is 4.98 Å². The van der Waals surface area contributed by atoms with E-state index in [0.29, 0.717) is 5.92 Å². The molecule has 4 heteroatoms. The lowest BCUT2D eigenvalue weighted by molar-refractivity contribution is 0.461. The van der Waals surface area contributed by atoms with Crippen molar-refractivity contribution in [2.75, 3.05) is 13.1 Å². The van der Waals surface area contributed by atoms with E-state index in [1.165, 1.54) is 6.42 Å². The highest BCUT2D eigenvalue weighted by molar-refractivity contribution is 4.85. The predicted molar refractivity (Wildman–Crippen MR) is 66.2 cm³/mol. The highest BCUT2D eigenvalue weighted by atomic mass is 15.3. The summed E-state index contributed by atoms with van der Waals surface area (Å²) in [6.45, 7) is 8.94. The molecule has 1 aromatic rings. The van der Waals surface area contributed by atoms with Crippen molar-refractivity contribution >= 4 is 0 Å². The lowest BCUT2D eigenvalue weighted by Crippen LogP contribution is -2.22. The van der Waals surface area contributed by atoms with Crippen LogP contribution in [0.15, 0.2) is 6.33 Å². The van der Waals surface area contributed by atoms with Crippen molar-refractivity contribution in [2.45, 2.75) is 33.6 Å². The van der Waals surface area contributed by atoms with Gasteiger partial charge >= 0.3 is 0 Å². The molecule has 0 aliphatic heterocycles. The number of nitrogens with zero attached hydrogens (tertiary/aromatic N) is 3. The first kappa shape index (κ1) is 13.2. The number of aromatic nitrogens is 3. The van der Waals surface area contributed by atoms with Gasteiger partial charge in [0, 0.05) is 13.5 Å². The second-order valence-electron chi connectivity index (χ2n) is 5.00. The average molecular weight is 224 g/mol. The summed E-state index contributed by atoms with van der Waals surface area (Å²) >= 11 is 0. The Kier molecular flexibility index (Phi) is 5.46. The van der Waals surface area contributed by atoms with Crippen molar-refractivity contribution in [3.05, 3.63) is 12.2 Å². The van der Waals surface area contributed by atoms with Crippen molar-refractivity contribution in [3.8, 4) is 0 Å². The van der Waals surface area contributed by atoms with E-state index in [-0.39, 0.29) is 0 Å². The normalized spacial score (nSPS) is 13.3. The first-order valence-corrected chi connectivity index (χ1v) is 6.13. The summed E-state index contributed by atoms with van der Waals surface area (Å²) in [6.07, 6.45) is 3.83. The van der Waals surface area contributed by atoms with Crippen LogP contribution in [0.3, 0.4) is 0 Å². The molecule has 0 spiro atoms. The number of aryl methyl sites for hydroxylation is 1. The summed E-state index contributed by atoms with van der Waals surface area (Å²) < 4.78 is 1.86. The Morgan fingerprint density at radius 2 is 2.12 bits per heavy atom. The molecule has 0 bridgehead atoms. The molecule has 0 saturated carbocycles. The fourth-order valence-electron chi connectivity index (χ4n) is 1.66. The van der Waals surface area contributed by atoms with Gasteiger partial charge in [-0.15, -0.1) is 0 Å². The van der Waals surface area contributed by atoms with Crippen molar-refractivity contribution in [1.82, 2.24) is 20.1 Å². The Bertz CT molecular complexity index is 293. The molecule has 0 amide bonds. The van der Waals surface area contributed by atoms with E-state index in [0.717, 1.165) is 31.3 Å². The topological polar surface area (TPSA) is 42.7 Å². The lowest BCUT2D eigenvalue weighted by atomic mass is 10.0. The molecule has 0 saturated heterocycles. The highest BCUT2D eigenvalue weighted by Crippen LogP contribution is 2.08. The van der Waals surface area contributed by atoms with Gasteiger partial charge in [-0.3, -0.25) is 4.68 Å². The van der Waals surface area contributed by atoms with Gasteiger partial charge in [0.25, 0.3) is 0 Å². The van der Waals surface area contributed by atoms with Crippen molar-refractivity contribution < 1.29 is 0 Å². The van der Waals surface area contributed by atoms with Crippen LogP contribution in [0, 0.1) is 11.8 Å². The van der Waals surface area contributed by atoms with E-state index in [1.807, 2.05) is 11.7 Å². The minimum Gasteiger partial charge on any atom is -0.316 e. The third-order valence-corrected chi connectivity index (χ3v) is 2.70. The van der Waals surface area contributed by atoms with Gasteiger partial charge < -0.3 is 5.32 Å². The molecule has 1 atom stereocenters. The summed E-state index contributed by atoms with van der Waals surface area (Å²) in [5, 5.41) is 7.55. The van der Waals surface area contributed by atoms with Crippen LogP contribution in [0.1, 0.15) is 33.0 Å². The van der Waals surface area contributed by atoms with E-state index in [9.17, 15) is 0 Å². The Balaban J connectivity index is 2.16. The smallest absolute Gasteiger partial charge is 0.138 e. The first-order valence-electron chi connectivity index (χ1n) is 6.13. The van der Waals surface area contributed by atoms with Crippen molar-refractivity contribution in [2.24, 2.45) is 18.9 Å². The lowest BCUT2D eigenvalue weighted by Gasteiger charge is -2.12. The van der Waals surface area contributed by atoms with Crippen LogP contribution in [0.4, 0.5) is 0 Å². The Morgan fingerprint density at radius 3 is 2.69 bits per heavy atom. The molecular weight excluding hydrogens is 200 g/mol. The quantitative estimate of drug-likeness (QED) is 0.716. The zero-order chi connectivity index (χ0) is 12.0. The third kappa shape index (κ3) is 4.75. The summed E-state index contributed by atoms with van der Waals surface area (Å²) in [4.78, 5) is 4.24. The van der Waals surface area contributed by atoms with E-state index in [1.54, 1.807) is 6.33 Å². The van der Waals surface area contributed by atoms with E-state index >= 15 is 0 Å². The van der Waals surface area contributed by atoms with Gasteiger partial charge in [0.2, 0.25) is 0 Å². The van der Waals surface area contributed by atoms with Crippen LogP contribution in [-0.2, 0) is 13.5 Å². The van der Waals surface area contributed by atoms with Crippen LogP contribution in [-0.4, -0.2) is 27.9 Å². The zero-order valence-corrected chi connectivity index (χ0v) is 10.9.